The smallest absolute Gasteiger partial charge is 0.0739 e. The Morgan fingerprint density at radius 1 is 1.53 bits per heavy atom. The molecule has 2 N–H and O–H groups in total. The van der Waals surface area contributed by atoms with Gasteiger partial charge in [-0.3, -0.25) is 9.58 Å². The number of nitrogens with two attached hydrogens (primary N) is 1. The van der Waals surface area contributed by atoms with Crippen LogP contribution in [0, 0.1) is 12.8 Å². The molecule has 1 aliphatic heterocycles. The van der Waals surface area contributed by atoms with Crippen molar-refractivity contribution in [1.29, 1.82) is 0 Å². The molecule has 0 spiro atoms. The van der Waals surface area contributed by atoms with Gasteiger partial charge in [-0.05, 0) is 54.7 Å². The van der Waals surface area contributed by atoms with Crippen LogP contribution in [0.5, 0.6) is 0 Å². The van der Waals surface area contributed by atoms with Gasteiger partial charge < -0.3 is 5.73 Å². The summed E-state index contributed by atoms with van der Waals surface area (Å²) in [7, 11) is 2.01. The van der Waals surface area contributed by atoms with Crippen molar-refractivity contribution in [3.05, 3.63) is 15.9 Å². The Kier molecular flexibility index (Phi) is 4.22. The van der Waals surface area contributed by atoms with Crippen molar-refractivity contribution in [1.82, 2.24) is 14.7 Å². The third kappa shape index (κ3) is 2.89. The first-order valence-electron chi connectivity index (χ1n) is 6.22. The van der Waals surface area contributed by atoms with Crippen LogP contribution in [0.15, 0.2) is 4.47 Å². The lowest BCUT2D eigenvalue weighted by Crippen LogP contribution is -2.38. The summed E-state index contributed by atoms with van der Waals surface area (Å²) in [5, 5.41) is 4.43. The molecule has 0 radical (unpaired) electrons. The van der Waals surface area contributed by atoms with E-state index in [0.717, 1.165) is 29.8 Å². The minimum atomic E-state index is 0.664. The maximum absolute atomic E-state index is 5.77. The molecule has 1 aliphatic rings. The third-order valence-electron chi connectivity index (χ3n) is 3.57. The first-order chi connectivity index (χ1) is 8.11. The molecule has 17 heavy (non-hydrogen) atoms. The van der Waals surface area contributed by atoms with Crippen LogP contribution < -0.4 is 5.73 Å². The monoisotopic (exact) mass is 300 g/mol. The highest BCUT2D eigenvalue weighted by molar-refractivity contribution is 9.10. The summed E-state index contributed by atoms with van der Waals surface area (Å²) in [4.78, 5) is 2.49. The second-order valence-corrected chi connectivity index (χ2v) is 5.74. The molecule has 0 saturated carbocycles. The van der Waals surface area contributed by atoms with Crippen LogP contribution in [0.3, 0.4) is 0 Å². The molecule has 0 amide bonds. The topological polar surface area (TPSA) is 47.1 Å². The van der Waals surface area contributed by atoms with Crippen molar-refractivity contribution < 1.29 is 0 Å². The van der Waals surface area contributed by atoms with E-state index in [1.165, 1.54) is 25.1 Å². The fraction of sp³-hybridized carbons (Fsp3) is 0.750. The number of piperidine rings is 1. The number of hydrogen-bond donors (Lipinski definition) is 1. The van der Waals surface area contributed by atoms with Crippen LogP contribution in [-0.2, 0) is 13.6 Å². The zero-order valence-electron chi connectivity index (χ0n) is 10.6. The highest BCUT2D eigenvalue weighted by Crippen LogP contribution is 2.24. The summed E-state index contributed by atoms with van der Waals surface area (Å²) >= 11 is 3.63. The SMILES string of the molecule is Cc1nn(C)c(CN2CCCC(CN)C2)c1Br. The number of halogens is 1. The first kappa shape index (κ1) is 13.1. The van der Waals surface area contributed by atoms with E-state index in [2.05, 4.69) is 25.9 Å². The van der Waals surface area contributed by atoms with Gasteiger partial charge in [-0.1, -0.05) is 0 Å². The van der Waals surface area contributed by atoms with Gasteiger partial charge >= 0.3 is 0 Å². The Morgan fingerprint density at radius 3 is 2.88 bits per heavy atom. The molecule has 96 valence electrons. The van der Waals surface area contributed by atoms with E-state index in [1.54, 1.807) is 0 Å². The number of hydrogen-bond acceptors (Lipinski definition) is 3. The molecule has 1 unspecified atom stereocenters. The van der Waals surface area contributed by atoms with E-state index in [0.29, 0.717) is 5.92 Å². The van der Waals surface area contributed by atoms with Crippen molar-refractivity contribution in [2.24, 2.45) is 18.7 Å². The van der Waals surface area contributed by atoms with Crippen LogP contribution in [0.1, 0.15) is 24.2 Å². The van der Waals surface area contributed by atoms with Crippen LogP contribution in [-0.4, -0.2) is 34.3 Å². The number of aromatic nitrogens is 2. The number of nitrogens with zero attached hydrogens (tertiary/aromatic N) is 3. The molecule has 1 atom stereocenters. The van der Waals surface area contributed by atoms with Crippen molar-refractivity contribution >= 4 is 15.9 Å². The molecule has 0 aromatic carbocycles. The van der Waals surface area contributed by atoms with Gasteiger partial charge in [-0.2, -0.15) is 5.10 Å². The first-order valence-corrected chi connectivity index (χ1v) is 7.01. The summed E-state index contributed by atoms with van der Waals surface area (Å²) in [5.74, 6) is 0.664. The second kappa shape index (κ2) is 5.50. The molecule has 1 aromatic rings. The number of rotatable bonds is 3. The molecule has 0 aliphatic carbocycles. The van der Waals surface area contributed by atoms with Crippen molar-refractivity contribution in [2.45, 2.75) is 26.3 Å². The van der Waals surface area contributed by atoms with Gasteiger partial charge in [0.25, 0.3) is 0 Å². The summed E-state index contributed by atoms with van der Waals surface area (Å²) in [6, 6.07) is 0. The van der Waals surface area contributed by atoms with Crippen molar-refractivity contribution in [3.63, 3.8) is 0 Å². The molecule has 0 bridgehead atoms. The highest BCUT2D eigenvalue weighted by Gasteiger charge is 2.21. The van der Waals surface area contributed by atoms with Crippen LogP contribution in [0.25, 0.3) is 0 Å². The fourth-order valence-electron chi connectivity index (χ4n) is 2.55. The summed E-state index contributed by atoms with van der Waals surface area (Å²) in [6.45, 7) is 6.10. The van der Waals surface area contributed by atoms with E-state index >= 15 is 0 Å². The minimum Gasteiger partial charge on any atom is -0.330 e. The molecule has 4 nitrogen and oxygen atoms in total. The average Bonchev–Trinajstić information content (AvgIpc) is 2.56. The Morgan fingerprint density at radius 2 is 2.29 bits per heavy atom. The Balaban J connectivity index is 2.05. The summed E-state index contributed by atoms with van der Waals surface area (Å²) in [5.41, 5.74) is 8.10. The quantitative estimate of drug-likeness (QED) is 0.923. The van der Waals surface area contributed by atoms with Crippen LogP contribution in [0.2, 0.25) is 0 Å². The van der Waals surface area contributed by atoms with Crippen LogP contribution >= 0.6 is 15.9 Å². The molecule has 1 aromatic heterocycles. The maximum atomic E-state index is 5.77. The van der Waals surface area contributed by atoms with E-state index in [-0.39, 0.29) is 0 Å². The van der Waals surface area contributed by atoms with Gasteiger partial charge in [0.05, 0.1) is 15.9 Å². The summed E-state index contributed by atoms with van der Waals surface area (Å²) < 4.78 is 3.13. The third-order valence-corrected chi connectivity index (χ3v) is 4.60. The predicted octanol–water partition coefficient (Wildman–Crippen LogP) is 1.66. The Labute approximate surface area is 111 Å². The van der Waals surface area contributed by atoms with Gasteiger partial charge in [-0.25, -0.2) is 0 Å². The van der Waals surface area contributed by atoms with E-state index in [4.69, 9.17) is 5.73 Å². The molecule has 5 heteroatoms. The summed E-state index contributed by atoms with van der Waals surface area (Å²) in [6.07, 6.45) is 2.54. The van der Waals surface area contributed by atoms with Gasteiger partial charge in [-0.15, -0.1) is 0 Å². The molecule has 2 heterocycles. The van der Waals surface area contributed by atoms with Crippen molar-refractivity contribution in [2.75, 3.05) is 19.6 Å². The average molecular weight is 301 g/mol. The zero-order chi connectivity index (χ0) is 12.4. The molecule has 2 rings (SSSR count). The van der Waals surface area contributed by atoms with E-state index < -0.39 is 0 Å². The van der Waals surface area contributed by atoms with Crippen molar-refractivity contribution in [3.8, 4) is 0 Å². The predicted molar refractivity (Wildman–Crippen MR) is 72.7 cm³/mol. The van der Waals surface area contributed by atoms with Gasteiger partial charge in [0, 0.05) is 20.1 Å². The van der Waals surface area contributed by atoms with Gasteiger partial charge in [0.15, 0.2) is 0 Å². The number of likely N-dealkylation sites (tertiary alicyclic amines) is 1. The van der Waals surface area contributed by atoms with Gasteiger partial charge in [0.1, 0.15) is 0 Å². The standard InChI is InChI=1S/C12H21BrN4/c1-9-12(13)11(16(2)15-9)8-17-5-3-4-10(6-14)7-17/h10H,3-8,14H2,1-2H3. The van der Waals surface area contributed by atoms with E-state index in [1.807, 2.05) is 18.7 Å². The Hall–Kier alpha value is -0.390. The number of aryl methyl sites for hydroxylation is 2. The molecular weight excluding hydrogens is 280 g/mol. The lowest BCUT2D eigenvalue weighted by Gasteiger charge is -2.32. The second-order valence-electron chi connectivity index (χ2n) is 4.95. The largest absolute Gasteiger partial charge is 0.330 e. The molecular formula is C12H21BrN4. The zero-order valence-corrected chi connectivity index (χ0v) is 12.2. The minimum absolute atomic E-state index is 0.664. The Bertz CT molecular complexity index is 388. The lowest BCUT2D eigenvalue weighted by atomic mass is 9.98. The lowest BCUT2D eigenvalue weighted by molar-refractivity contribution is 0.167. The highest BCUT2D eigenvalue weighted by atomic mass is 79.9. The maximum Gasteiger partial charge on any atom is 0.0739 e. The van der Waals surface area contributed by atoms with E-state index in [9.17, 15) is 0 Å². The molecule has 1 saturated heterocycles. The van der Waals surface area contributed by atoms with Crippen LogP contribution in [0.4, 0.5) is 0 Å². The molecule has 1 fully saturated rings. The van der Waals surface area contributed by atoms with Gasteiger partial charge in [0.2, 0.25) is 0 Å². The fourth-order valence-corrected chi connectivity index (χ4v) is 3.01. The normalized spacial score (nSPS) is 22.0.